The van der Waals surface area contributed by atoms with Gasteiger partial charge in [0.25, 0.3) is 0 Å². The van der Waals surface area contributed by atoms with E-state index in [9.17, 15) is 0 Å². The van der Waals surface area contributed by atoms with Gasteiger partial charge in [-0.15, -0.1) is 0 Å². The molecule has 16 aromatic carbocycles. The Balaban J connectivity index is 0.561. The van der Waals surface area contributed by atoms with Gasteiger partial charge < -0.3 is 0 Å². The Kier molecular flexibility index (Phi) is 15.0. The van der Waals surface area contributed by atoms with Gasteiger partial charge in [-0.25, -0.2) is 9.97 Å². The van der Waals surface area contributed by atoms with Crippen LogP contribution in [0.4, 0.5) is 0 Å². The molecular weight excluding hydrogens is 1290 g/mol. The fourth-order valence-electron chi connectivity index (χ4n) is 15.2. The van der Waals surface area contributed by atoms with Gasteiger partial charge in [-0.1, -0.05) is 322 Å². The van der Waals surface area contributed by atoms with Gasteiger partial charge in [-0.05, 0) is 154 Å². The maximum atomic E-state index is 5.31. The summed E-state index contributed by atoms with van der Waals surface area (Å²) >= 11 is 0. The molecule has 0 N–H and O–H groups in total. The Bertz CT molecular complexity index is 6670. The van der Waals surface area contributed by atoms with Gasteiger partial charge in [0.1, 0.15) is 0 Å². The number of nitrogens with zero attached hydrogens (tertiary/aromatic N) is 8. The zero-order chi connectivity index (χ0) is 70.0. The lowest BCUT2D eigenvalue weighted by molar-refractivity contribution is 0.953. The molecule has 0 fully saturated rings. The van der Waals surface area contributed by atoms with Crippen LogP contribution in [0.3, 0.4) is 0 Å². The van der Waals surface area contributed by atoms with E-state index in [0.717, 1.165) is 133 Å². The monoisotopic (exact) mass is 1350 g/mol. The summed E-state index contributed by atoms with van der Waals surface area (Å²) in [6, 6.07) is 134. The van der Waals surface area contributed by atoms with E-state index in [1.807, 2.05) is 6.07 Å². The van der Waals surface area contributed by atoms with E-state index >= 15 is 0 Å². The smallest absolute Gasteiger partial charge is 0.238 e. The molecule has 8 heteroatoms. The minimum atomic E-state index is 0.558. The number of hydrogen-bond donors (Lipinski definition) is 0. The zero-order valence-electron chi connectivity index (χ0n) is 57.4. The van der Waals surface area contributed by atoms with Gasteiger partial charge in [-0.2, -0.15) is 19.9 Å². The molecule has 0 aliphatic rings. The lowest BCUT2D eigenvalue weighted by Crippen LogP contribution is -2.06. The van der Waals surface area contributed by atoms with Gasteiger partial charge in [0.2, 0.25) is 11.9 Å². The van der Waals surface area contributed by atoms with Crippen molar-refractivity contribution in [3.63, 3.8) is 0 Å². The first kappa shape index (κ1) is 61.5. The van der Waals surface area contributed by atoms with Gasteiger partial charge in [0, 0.05) is 43.8 Å². The molecule has 8 nitrogen and oxygen atoms in total. The van der Waals surface area contributed by atoms with Crippen LogP contribution < -0.4 is 0 Å². The van der Waals surface area contributed by atoms with Crippen LogP contribution in [0.25, 0.3) is 200 Å². The van der Waals surface area contributed by atoms with E-state index in [2.05, 4.69) is 379 Å². The summed E-state index contributed by atoms with van der Waals surface area (Å²) in [6.07, 6.45) is 0. The first-order valence-electron chi connectivity index (χ1n) is 35.8. The summed E-state index contributed by atoms with van der Waals surface area (Å²) < 4.78 is 4.33. The molecule has 20 aromatic rings. The molecule has 0 radical (unpaired) electrons. The van der Waals surface area contributed by atoms with Gasteiger partial charge >= 0.3 is 0 Å². The topological polar surface area (TPSA) is 87.2 Å². The summed E-state index contributed by atoms with van der Waals surface area (Å²) in [5.41, 5.74) is 23.6. The standard InChI is InChI=1S/C98H62N8/c1-2-16-63(17-3-1)77-20-14-22-82(59-77)95-99-93(101-97(103-95)105-89-28-10-6-24-85(89)86-25-7-11-29-90(86)105)74-51-44-67(45-52-74)65-32-36-71(37-33-65)80-56-49-73-50-57-81(62-84(73)61-80)72-38-34-66(35-39-72)68-46-53-75(54-47-68)94-100-96(104-98(102-94)106-91-30-12-8-26-87(91)88-27-9-13-31-92(88)106)83-23-15-21-78(60-83)69-40-42-70(43-41-69)79-55-48-64-18-4-5-19-76(64)58-79/h1-62H. The highest BCUT2D eigenvalue weighted by molar-refractivity contribution is 6.10. The first-order chi connectivity index (χ1) is 52.5. The van der Waals surface area contributed by atoms with Crippen LogP contribution in [-0.2, 0) is 0 Å². The predicted octanol–water partition coefficient (Wildman–Crippen LogP) is 24.9. The van der Waals surface area contributed by atoms with E-state index in [1.54, 1.807) is 0 Å². The third kappa shape index (κ3) is 11.3. The van der Waals surface area contributed by atoms with Gasteiger partial charge in [0.05, 0.1) is 22.1 Å². The third-order valence-corrected chi connectivity index (χ3v) is 20.7. The van der Waals surface area contributed by atoms with Crippen molar-refractivity contribution in [2.75, 3.05) is 0 Å². The van der Waals surface area contributed by atoms with Crippen molar-refractivity contribution in [3.8, 4) is 135 Å². The van der Waals surface area contributed by atoms with Crippen LogP contribution in [-0.4, -0.2) is 39.0 Å². The number of hydrogen-bond acceptors (Lipinski definition) is 6. The van der Waals surface area contributed by atoms with Crippen molar-refractivity contribution in [1.82, 2.24) is 39.0 Å². The van der Waals surface area contributed by atoms with Gasteiger partial charge in [0.15, 0.2) is 23.3 Å². The number of fused-ring (bicyclic) bond motifs is 8. The molecule has 0 saturated heterocycles. The van der Waals surface area contributed by atoms with Crippen molar-refractivity contribution in [3.05, 3.63) is 376 Å². The van der Waals surface area contributed by atoms with Crippen molar-refractivity contribution >= 4 is 65.2 Å². The van der Waals surface area contributed by atoms with E-state index in [0.29, 0.717) is 35.2 Å². The van der Waals surface area contributed by atoms with Crippen molar-refractivity contribution < 1.29 is 0 Å². The fourth-order valence-corrected chi connectivity index (χ4v) is 15.2. The molecule has 0 aliphatic carbocycles. The molecule has 106 heavy (non-hydrogen) atoms. The van der Waals surface area contributed by atoms with Crippen LogP contribution in [0.2, 0.25) is 0 Å². The first-order valence-corrected chi connectivity index (χ1v) is 35.8. The van der Waals surface area contributed by atoms with Crippen molar-refractivity contribution in [1.29, 1.82) is 0 Å². The second kappa shape index (κ2) is 25.9. The number of benzene rings is 16. The normalized spacial score (nSPS) is 11.6. The molecule has 494 valence electrons. The average Bonchev–Trinajstić information content (AvgIpc) is 1.63. The molecule has 0 unspecified atom stereocenters. The van der Waals surface area contributed by atoms with E-state index < -0.39 is 0 Å². The highest BCUT2D eigenvalue weighted by atomic mass is 15.2. The minimum Gasteiger partial charge on any atom is -0.278 e. The zero-order valence-corrected chi connectivity index (χ0v) is 57.4. The number of aromatic nitrogens is 8. The molecular formula is C98H62N8. The van der Waals surface area contributed by atoms with Crippen molar-refractivity contribution in [2.24, 2.45) is 0 Å². The molecule has 0 aliphatic heterocycles. The summed E-state index contributed by atoms with van der Waals surface area (Å²) in [6.45, 7) is 0. The lowest BCUT2D eigenvalue weighted by atomic mass is 9.95. The molecule has 0 bridgehead atoms. The SMILES string of the molecule is c1ccc(-c2cccc(-c3nc(-c4ccc(-c5ccc(-c6ccc7ccc(-c8ccc(-c9ccc(-c%10nc(-c%11cccc(-c%12ccc(-c%13ccc%14ccccc%14c%13)cc%12)c%11)nc(-n%11c%12ccccc%12c%12ccccc%12%11)n%10)cc9)cc8)cc7c6)cc5)cc4)nc(-n4c5ccccc5c5ccccc54)n3)c2)cc1. The number of para-hydroxylation sites is 4. The second-order valence-electron chi connectivity index (χ2n) is 27.1. The Labute approximate surface area is 611 Å². The lowest BCUT2D eigenvalue weighted by Gasteiger charge is -2.12. The second-order valence-corrected chi connectivity index (χ2v) is 27.1. The minimum absolute atomic E-state index is 0.558. The van der Waals surface area contributed by atoms with Crippen LogP contribution in [0.1, 0.15) is 0 Å². The molecule has 4 aromatic heterocycles. The molecule has 20 rings (SSSR count). The maximum Gasteiger partial charge on any atom is 0.238 e. The summed E-state index contributed by atoms with van der Waals surface area (Å²) in [7, 11) is 0. The molecule has 4 heterocycles. The number of rotatable bonds is 13. The van der Waals surface area contributed by atoms with Crippen LogP contribution in [0, 0.1) is 0 Å². The summed E-state index contributed by atoms with van der Waals surface area (Å²) in [5, 5.41) is 9.41. The maximum absolute atomic E-state index is 5.31. The predicted molar refractivity (Wildman–Crippen MR) is 437 cm³/mol. The molecule has 0 saturated carbocycles. The summed E-state index contributed by atoms with van der Waals surface area (Å²) in [5.74, 6) is 3.51. The van der Waals surface area contributed by atoms with Gasteiger partial charge in [-0.3, -0.25) is 9.13 Å². The Hall–Kier alpha value is -14.3. The van der Waals surface area contributed by atoms with Crippen LogP contribution in [0.5, 0.6) is 0 Å². The third-order valence-electron chi connectivity index (χ3n) is 20.7. The largest absolute Gasteiger partial charge is 0.278 e. The summed E-state index contributed by atoms with van der Waals surface area (Å²) in [4.78, 5) is 31.5. The highest BCUT2D eigenvalue weighted by Gasteiger charge is 2.22. The average molecular weight is 1350 g/mol. The van der Waals surface area contributed by atoms with E-state index in [1.165, 1.54) is 32.7 Å². The Morgan fingerprint density at radius 3 is 0.745 bits per heavy atom. The molecule has 0 atom stereocenters. The van der Waals surface area contributed by atoms with Crippen LogP contribution in [0.15, 0.2) is 376 Å². The van der Waals surface area contributed by atoms with E-state index in [-0.39, 0.29) is 0 Å². The quantitative estimate of drug-likeness (QED) is 0.114. The van der Waals surface area contributed by atoms with E-state index in [4.69, 9.17) is 29.9 Å². The van der Waals surface area contributed by atoms with Crippen molar-refractivity contribution in [2.45, 2.75) is 0 Å². The molecule has 0 spiro atoms. The Morgan fingerprint density at radius 1 is 0.142 bits per heavy atom. The Morgan fingerprint density at radius 2 is 0.377 bits per heavy atom. The molecule has 0 amide bonds. The van der Waals surface area contributed by atoms with Crippen LogP contribution >= 0.6 is 0 Å². The fraction of sp³-hybridized carbons (Fsp3) is 0. The highest BCUT2D eigenvalue weighted by Crippen LogP contribution is 2.39.